The first-order chi connectivity index (χ1) is 22.6. The number of hydrogen-bond donors (Lipinski definition) is 0. The summed E-state index contributed by atoms with van der Waals surface area (Å²) in [6.45, 7) is 2.07. The predicted molar refractivity (Wildman–Crippen MR) is 172 cm³/mol. The lowest BCUT2D eigenvalue weighted by molar-refractivity contribution is 0.0943. The molecular formula is C36H36N6O4. The summed E-state index contributed by atoms with van der Waals surface area (Å²) in [7, 11) is 0. The lowest BCUT2D eigenvalue weighted by Crippen LogP contribution is -2.13. The van der Waals surface area contributed by atoms with Gasteiger partial charge in [-0.3, -0.25) is 29.5 Å². The van der Waals surface area contributed by atoms with Crippen LogP contribution in [0, 0.1) is 5.92 Å². The molecule has 5 heterocycles. The average Bonchev–Trinajstić information content (AvgIpc) is 3.10. The largest absolute Gasteiger partial charge is 0.456 e. The van der Waals surface area contributed by atoms with Gasteiger partial charge in [0.15, 0.2) is 17.3 Å². The molecule has 10 heteroatoms. The predicted octanol–water partition coefficient (Wildman–Crippen LogP) is 7.47. The minimum atomic E-state index is -0.106. The van der Waals surface area contributed by atoms with Crippen LogP contribution in [0.5, 0.6) is 23.0 Å². The molecule has 0 amide bonds. The van der Waals surface area contributed by atoms with Crippen LogP contribution >= 0.6 is 0 Å². The van der Waals surface area contributed by atoms with E-state index in [0.717, 1.165) is 30.5 Å². The van der Waals surface area contributed by atoms with E-state index < -0.39 is 0 Å². The van der Waals surface area contributed by atoms with Crippen LogP contribution < -0.4 is 9.47 Å². The van der Waals surface area contributed by atoms with E-state index in [0.29, 0.717) is 46.7 Å². The molecule has 5 aromatic heterocycles. The van der Waals surface area contributed by atoms with Gasteiger partial charge in [0, 0.05) is 49.0 Å². The Balaban J connectivity index is 0.000000182. The molecule has 234 valence electrons. The van der Waals surface area contributed by atoms with Crippen molar-refractivity contribution in [2.45, 2.75) is 58.3 Å². The third-order valence-corrected chi connectivity index (χ3v) is 7.51. The topological polar surface area (TPSA) is 130 Å². The first-order valence-electron chi connectivity index (χ1n) is 15.5. The zero-order valence-electron chi connectivity index (χ0n) is 25.8. The Morgan fingerprint density at radius 1 is 0.696 bits per heavy atom. The van der Waals surface area contributed by atoms with Crippen molar-refractivity contribution in [1.82, 2.24) is 29.9 Å². The molecule has 0 bridgehead atoms. The summed E-state index contributed by atoms with van der Waals surface area (Å²) in [4.78, 5) is 49.2. The monoisotopic (exact) mass is 616 g/mol. The Kier molecular flexibility index (Phi) is 11.6. The lowest BCUT2D eigenvalue weighted by atomic mass is 9.85. The van der Waals surface area contributed by atoms with Gasteiger partial charge in [-0.15, -0.1) is 0 Å². The van der Waals surface area contributed by atoms with Gasteiger partial charge in [0.05, 0.1) is 25.0 Å². The van der Waals surface area contributed by atoms with Gasteiger partial charge < -0.3 is 9.47 Å². The smallest absolute Gasteiger partial charge is 0.187 e. The number of Topliss-reactive ketones (excluding diaryl/α,β-unsaturated/α-hetero) is 2. The van der Waals surface area contributed by atoms with Gasteiger partial charge in [0.25, 0.3) is 0 Å². The van der Waals surface area contributed by atoms with E-state index in [-0.39, 0.29) is 18.0 Å². The molecule has 1 saturated carbocycles. The standard InChI is InChI=1S/C18H16N4O2.C18H20N2O2/c1-2-13-3-5-21-14(7-13)8-18(23)17-9-15(4-6-22-17)24-16-10-19-12-20-11-16;21-18(11-14-5-2-1-3-6-14)17-12-15(8-10-20-17)22-16-7-4-9-19-13-16/h3-7,9-12H,2,8H2,1H3;4,7-10,12-14H,1-3,5-6,11H2. The number of hydrogen-bond acceptors (Lipinski definition) is 10. The fourth-order valence-corrected chi connectivity index (χ4v) is 5.13. The summed E-state index contributed by atoms with van der Waals surface area (Å²) in [6.07, 6.45) is 20.6. The van der Waals surface area contributed by atoms with Crippen LogP contribution in [0.15, 0.2) is 98.2 Å². The van der Waals surface area contributed by atoms with E-state index >= 15 is 0 Å². The van der Waals surface area contributed by atoms with Crippen molar-refractivity contribution in [3.05, 3.63) is 121 Å². The van der Waals surface area contributed by atoms with Crippen molar-refractivity contribution in [2.75, 3.05) is 0 Å². The lowest BCUT2D eigenvalue weighted by Gasteiger charge is -2.20. The molecule has 10 nitrogen and oxygen atoms in total. The first kappa shape index (κ1) is 32.0. The fraction of sp³-hybridized carbons (Fsp3) is 0.278. The number of ether oxygens (including phenoxy) is 2. The Morgan fingerprint density at radius 3 is 2.02 bits per heavy atom. The summed E-state index contributed by atoms with van der Waals surface area (Å²) in [5, 5.41) is 0. The third-order valence-electron chi connectivity index (χ3n) is 7.51. The van der Waals surface area contributed by atoms with E-state index in [1.807, 2.05) is 24.3 Å². The molecule has 0 aromatic carbocycles. The van der Waals surface area contributed by atoms with E-state index in [9.17, 15) is 9.59 Å². The maximum absolute atomic E-state index is 12.4. The molecule has 0 atom stereocenters. The molecule has 6 rings (SSSR count). The number of aryl methyl sites for hydroxylation is 1. The number of pyridine rings is 4. The van der Waals surface area contributed by atoms with Crippen LogP contribution in [0.3, 0.4) is 0 Å². The second-order valence-electron chi connectivity index (χ2n) is 11.0. The fourth-order valence-electron chi connectivity index (χ4n) is 5.13. The second-order valence-corrected chi connectivity index (χ2v) is 11.0. The Hall–Kier alpha value is -5.38. The van der Waals surface area contributed by atoms with E-state index in [4.69, 9.17) is 9.47 Å². The zero-order chi connectivity index (χ0) is 32.0. The molecule has 0 unspecified atom stereocenters. The first-order valence-corrected chi connectivity index (χ1v) is 15.5. The summed E-state index contributed by atoms with van der Waals surface area (Å²) in [5.41, 5.74) is 2.73. The molecule has 1 aliphatic carbocycles. The molecule has 1 fully saturated rings. The number of nitrogens with zero attached hydrogens (tertiary/aromatic N) is 6. The van der Waals surface area contributed by atoms with Gasteiger partial charge in [0.1, 0.15) is 35.0 Å². The van der Waals surface area contributed by atoms with Gasteiger partial charge in [0.2, 0.25) is 0 Å². The van der Waals surface area contributed by atoms with E-state index in [1.54, 1.807) is 67.6 Å². The zero-order valence-corrected chi connectivity index (χ0v) is 25.8. The molecule has 46 heavy (non-hydrogen) atoms. The highest BCUT2D eigenvalue weighted by atomic mass is 16.5. The van der Waals surface area contributed by atoms with E-state index in [2.05, 4.69) is 36.8 Å². The van der Waals surface area contributed by atoms with Gasteiger partial charge >= 0.3 is 0 Å². The molecule has 0 aliphatic heterocycles. The van der Waals surface area contributed by atoms with E-state index in [1.165, 1.54) is 25.6 Å². The molecular weight excluding hydrogens is 580 g/mol. The van der Waals surface area contributed by atoms with Gasteiger partial charge in [-0.25, -0.2) is 9.97 Å². The summed E-state index contributed by atoms with van der Waals surface area (Å²) >= 11 is 0. The normalized spacial score (nSPS) is 12.8. The van der Waals surface area contributed by atoms with Crippen molar-refractivity contribution in [2.24, 2.45) is 5.92 Å². The van der Waals surface area contributed by atoms with Gasteiger partial charge in [-0.05, 0) is 54.3 Å². The highest BCUT2D eigenvalue weighted by Crippen LogP contribution is 2.28. The van der Waals surface area contributed by atoms with Crippen LogP contribution in [-0.4, -0.2) is 41.5 Å². The van der Waals surface area contributed by atoms with Crippen molar-refractivity contribution in [3.8, 4) is 23.0 Å². The molecule has 0 radical (unpaired) electrons. The van der Waals surface area contributed by atoms with Crippen molar-refractivity contribution < 1.29 is 19.1 Å². The van der Waals surface area contributed by atoms with Gasteiger partial charge in [-0.2, -0.15) is 0 Å². The highest BCUT2D eigenvalue weighted by Gasteiger charge is 2.19. The number of carbonyl (C=O) groups excluding carboxylic acids is 2. The third kappa shape index (κ3) is 9.82. The van der Waals surface area contributed by atoms with Crippen LogP contribution in [0.25, 0.3) is 0 Å². The SMILES string of the molecule is CCc1ccnc(CC(=O)c2cc(Oc3cncnc3)ccn2)c1.O=C(CC1CCCCC1)c1cc(Oc2cccnc2)ccn1. The van der Waals surface area contributed by atoms with Crippen LogP contribution in [-0.2, 0) is 12.8 Å². The number of carbonyl (C=O) groups is 2. The Bertz CT molecular complexity index is 1710. The minimum absolute atomic E-state index is 0.106. The molecule has 5 aromatic rings. The number of rotatable bonds is 11. The van der Waals surface area contributed by atoms with Crippen molar-refractivity contribution >= 4 is 11.6 Å². The maximum Gasteiger partial charge on any atom is 0.187 e. The summed E-state index contributed by atoms with van der Waals surface area (Å²) < 4.78 is 11.3. The molecule has 1 aliphatic rings. The maximum atomic E-state index is 12.4. The summed E-state index contributed by atoms with van der Waals surface area (Å²) in [5.74, 6) is 2.81. The van der Waals surface area contributed by atoms with Crippen molar-refractivity contribution in [1.29, 1.82) is 0 Å². The molecule has 0 spiro atoms. The quantitative estimate of drug-likeness (QED) is 0.138. The molecule has 0 saturated heterocycles. The van der Waals surface area contributed by atoms with Crippen molar-refractivity contribution in [3.63, 3.8) is 0 Å². The molecule has 0 N–H and O–H groups in total. The summed E-state index contributed by atoms with van der Waals surface area (Å²) in [6, 6.07) is 14.3. The van der Waals surface area contributed by atoms with Crippen LogP contribution in [0.1, 0.15) is 77.7 Å². The number of ketones is 2. The Labute approximate surface area is 268 Å². The average molecular weight is 617 g/mol. The second kappa shape index (κ2) is 16.6. The van der Waals surface area contributed by atoms with Crippen LogP contribution in [0.2, 0.25) is 0 Å². The number of aromatic nitrogens is 6. The highest BCUT2D eigenvalue weighted by molar-refractivity contribution is 5.96. The van der Waals surface area contributed by atoms with Gasteiger partial charge in [-0.1, -0.05) is 39.0 Å². The Morgan fingerprint density at radius 2 is 1.35 bits per heavy atom. The van der Waals surface area contributed by atoms with Crippen LogP contribution in [0.4, 0.5) is 0 Å². The minimum Gasteiger partial charge on any atom is -0.456 e.